The van der Waals surface area contributed by atoms with Crippen molar-refractivity contribution in [1.82, 2.24) is 5.32 Å². The van der Waals surface area contributed by atoms with Gasteiger partial charge in [0, 0.05) is 17.5 Å². The van der Waals surface area contributed by atoms with Crippen molar-refractivity contribution in [3.63, 3.8) is 0 Å². The van der Waals surface area contributed by atoms with E-state index in [1.165, 1.54) is 0 Å². The number of benzene rings is 1. The van der Waals surface area contributed by atoms with Crippen LogP contribution in [-0.2, 0) is 6.54 Å². The molecule has 0 aliphatic carbocycles. The van der Waals surface area contributed by atoms with Gasteiger partial charge in [-0.15, -0.1) is 0 Å². The van der Waals surface area contributed by atoms with Gasteiger partial charge in [0.25, 0.3) is 0 Å². The highest BCUT2D eigenvalue weighted by molar-refractivity contribution is 5.82. The highest BCUT2D eigenvalue weighted by atomic mass is 19.4. The molecular weight excluding hydrogens is 231 g/mol. The van der Waals surface area contributed by atoms with Crippen LogP contribution < -0.4 is 5.32 Å². The lowest BCUT2D eigenvalue weighted by Crippen LogP contribution is -2.28. The summed E-state index contributed by atoms with van der Waals surface area (Å²) >= 11 is 0. The fourth-order valence-corrected chi connectivity index (χ4v) is 1.77. The lowest BCUT2D eigenvalue weighted by molar-refractivity contribution is -0.125. The predicted molar refractivity (Wildman–Crippen MR) is 58.7 cm³/mol. The summed E-state index contributed by atoms with van der Waals surface area (Å²) in [7, 11) is 0. The van der Waals surface area contributed by atoms with E-state index < -0.39 is 12.7 Å². The van der Waals surface area contributed by atoms with Crippen molar-refractivity contribution in [2.45, 2.75) is 19.6 Å². The third-order valence-corrected chi connectivity index (χ3v) is 2.53. The summed E-state index contributed by atoms with van der Waals surface area (Å²) in [6.45, 7) is 0.916. The zero-order chi connectivity index (χ0) is 12.5. The second kappa shape index (κ2) is 4.41. The van der Waals surface area contributed by atoms with E-state index >= 15 is 0 Å². The number of rotatable bonds is 3. The molecule has 17 heavy (non-hydrogen) atoms. The van der Waals surface area contributed by atoms with Gasteiger partial charge >= 0.3 is 6.18 Å². The molecule has 92 valence electrons. The summed E-state index contributed by atoms with van der Waals surface area (Å²) in [5.41, 5.74) is 1.48. The Morgan fingerprint density at radius 2 is 1.94 bits per heavy atom. The predicted octanol–water partition coefficient (Wildman–Crippen LogP) is 3.39. The number of fused-ring (bicyclic) bond motifs is 1. The van der Waals surface area contributed by atoms with Crippen LogP contribution in [0.2, 0.25) is 0 Å². The Balaban J connectivity index is 2.15. The van der Waals surface area contributed by atoms with E-state index in [2.05, 4.69) is 5.32 Å². The molecule has 2 aromatic rings. The molecule has 0 bridgehead atoms. The van der Waals surface area contributed by atoms with Crippen LogP contribution in [0.1, 0.15) is 11.3 Å². The average Bonchev–Trinajstić information content (AvgIpc) is 2.54. The fourth-order valence-electron chi connectivity index (χ4n) is 1.77. The van der Waals surface area contributed by atoms with Crippen molar-refractivity contribution in [3.05, 3.63) is 35.6 Å². The van der Waals surface area contributed by atoms with Gasteiger partial charge in [0.1, 0.15) is 11.3 Å². The maximum atomic E-state index is 12.0. The van der Waals surface area contributed by atoms with Crippen molar-refractivity contribution < 1.29 is 17.6 Å². The first-order valence-corrected chi connectivity index (χ1v) is 5.22. The van der Waals surface area contributed by atoms with Gasteiger partial charge in [0.05, 0.1) is 6.54 Å². The van der Waals surface area contributed by atoms with Crippen molar-refractivity contribution in [2.24, 2.45) is 0 Å². The molecule has 1 aromatic carbocycles. The van der Waals surface area contributed by atoms with Crippen molar-refractivity contribution in [3.8, 4) is 0 Å². The minimum atomic E-state index is -4.19. The molecule has 1 N–H and O–H groups in total. The molecule has 0 unspecified atom stereocenters. The fraction of sp³-hybridized carbons (Fsp3) is 0.333. The van der Waals surface area contributed by atoms with Gasteiger partial charge in [-0.05, 0) is 13.0 Å². The SMILES string of the molecule is Cc1oc2ccccc2c1CNCC(F)(F)F. The molecule has 0 amide bonds. The van der Waals surface area contributed by atoms with E-state index in [-0.39, 0.29) is 6.54 Å². The minimum Gasteiger partial charge on any atom is -0.461 e. The molecular formula is C12H12F3NO. The van der Waals surface area contributed by atoms with Crippen LogP contribution in [0, 0.1) is 6.92 Å². The first-order valence-electron chi connectivity index (χ1n) is 5.22. The molecule has 0 radical (unpaired) electrons. The van der Waals surface area contributed by atoms with Crippen molar-refractivity contribution in [1.29, 1.82) is 0 Å². The molecule has 2 rings (SSSR count). The Morgan fingerprint density at radius 1 is 1.24 bits per heavy atom. The smallest absolute Gasteiger partial charge is 0.401 e. The monoisotopic (exact) mass is 243 g/mol. The first-order chi connectivity index (χ1) is 7.97. The van der Waals surface area contributed by atoms with Crippen molar-refractivity contribution >= 4 is 11.0 Å². The van der Waals surface area contributed by atoms with E-state index in [9.17, 15) is 13.2 Å². The normalized spacial score (nSPS) is 12.2. The quantitative estimate of drug-likeness (QED) is 0.893. The number of alkyl halides is 3. The van der Waals surface area contributed by atoms with E-state index in [1.54, 1.807) is 13.0 Å². The van der Waals surface area contributed by atoms with Gasteiger partial charge in [-0.25, -0.2) is 0 Å². The summed E-state index contributed by atoms with van der Waals surface area (Å²) in [5.74, 6) is 0.654. The Kier molecular flexibility index (Phi) is 3.11. The molecule has 1 heterocycles. The van der Waals surface area contributed by atoms with Crippen LogP contribution in [0.3, 0.4) is 0 Å². The molecule has 0 saturated heterocycles. The van der Waals surface area contributed by atoms with Crippen LogP contribution in [0.4, 0.5) is 13.2 Å². The van der Waals surface area contributed by atoms with Gasteiger partial charge in [0.2, 0.25) is 0 Å². The number of hydrogen-bond acceptors (Lipinski definition) is 2. The third kappa shape index (κ3) is 2.79. The second-order valence-electron chi connectivity index (χ2n) is 3.85. The molecule has 0 fully saturated rings. The number of nitrogens with one attached hydrogen (secondary N) is 1. The Labute approximate surface area is 96.4 Å². The molecule has 5 heteroatoms. The molecule has 0 saturated carbocycles. The van der Waals surface area contributed by atoms with Gasteiger partial charge in [-0.1, -0.05) is 18.2 Å². The Hall–Kier alpha value is -1.49. The number of para-hydroxylation sites is 1. The van der Waals surface area contributed by atoms with Crippen LogP contribution >= 0.6 is 0 Å². The van der Waals surface area contributed by atoms with Crippen LogP contribution in [0.5, 0.6) is 0 Å². The number of halogens is 3. The summed E-state index contributed by atoms with van der Waals surface area (Å²) in [4.78, 5) is 0. The number of hydrogen-bond donors (Lipinski definition) is 1. The zero-order valence-electron chi connectivity index (χ0n) is 9.27. The Morgan fingerprint density at radius 3 is 2.65 bits per heavy atom. The standard InChI is InChI=1S/C12H12F3NO/c1-8-10(6-16-7-12(13,14)15)9-4-2-3-5-11(9)17-8/h2-5,16H,6-7H2,1H3. The molecule has 1 aromatic heterocycles. The summed E-state index contributed by atoms with van der Waals surface area (Å²) in [6.07, 6.45) is -4.19. The highest BCUT2D eigenvalue weighted by Crippen LogP contribution is 2.25. The number of furan rings is 1. The Bertz CT molecular complexity index is 516. The van der Waals surface area contributed by atoms with Gasteiger partial charge < -0.3 is 9.73 Å². The first kappa shape index (κ1) is 12.0. The molecule has 2 nitrogen and oxygen atoms in total. The lowest BCUT2D eigenvalue weighted by atomic mass is 10.1. The minimum absolute atomic E-state index is 0.155. The van der Waals surface area contributed by atoms with Crippen LogP contribution in [0.25, 0.3) is 11.0 Å². The summed E-state index contributed by atoms with van der Waals surface area (Å²) < 4.78 is 41.5. The molecule has 0 aliphatic heterocycles. The number of aryl methyl sites for hydroxylation is 1. The molecule has 0 aliphatic rings. The van der Waals surface area contributed by atoms with E-state index in [4.69, 9.17) is 4.42 Å². The second-order valence-corrected chi connectivity index (χ2v) is 3.85. The lowest BCUT2D eigenvalue weighted by Gasteiger charge is -2.07. The van der Waals surface area contributed by atoms with Gasteiger partial charge in [0.15, 0.2) is 0 Å². The van der Waals surface area contributed by atoms with Crippen LogP contribution in [0.15, 0.2) is 28.7 Å². The average molecular weight is 243 g/mol. The maximum Gasteiger partial charge on any atom is 0.401 e. The zero-order valence-corrected chi connectivity index (χ0v) is 9.27. The highest BCUT2D eigenvalue weighted by Gasteiger charge is 2.26. The van der Waals surface area contributed by atoms with Crippen molar-refractivity contribution in [2.75, 3.05) is 6.54 Å². The molecule has 0 spiro atoms. The topological polar surface area (TPSA) is 25.2 Å². The summed E-state index contributed by atoms with van der Waals surface area (Å²) in [6, 6.07) is 7.31. The third-order valence-electron chi connectivity index (χ3n) is 2.53. The van der Waals surface area contributed by atoms with E-state index in [1.807, 2.05) is 18.2 Å². The molecule has 0 atom stereocenters. The van der Waals surface area contributed by atoms with Crippen LogP contribution in [-0.4, -0.2) is 12.7 Å². The van der Waals surface area contributed by atoms with E-state index in [0.717, 1.165) is 10.9 Å². The van der Waals surface area contributed by atoms with E-state index in [0.29, 0.717) is 11.3 Å². The van der Waals surface area contributed by atoms with Gasteiger partial charge in [-0.2, -0.15) is 13.2 Å². The summed E-state index contributed by atoms with van der Waals surface area (Å²) in [5, 5.41) is 3.24. The maximum absolute atomic E-state index is 12.0. The van der Waals surface area contributed by atoms with Gasteiger partial charge in [-0.3, -0.25) is 0 Å². The largest absolute Gasteiger partial charge is 0.461 e.